The van der Waals surface area contributed by atoms with E-state index in [4.69, 9.17) is 0 Å². The van der Waals surface area contributed by atoms with Gasteiger partial charge in [-0.15, -0.1) is 21.5 Å². The van der Waals surface area contributed by atoms with Crippen LogP contribution in [0.1, 0.15) is 10.7 Å². The number of nitrogens with one attached hydrogen (secondary N) is 1. The van der Waals surface area contributed by atoms with Gasteiger partial charge in [0.25, 0.3) is 0 Å². The first kappa shape index (κ1) is 11.6. The average Bonchev–Trinajstić information content (AvgIpc) is 2.94. The Hall–Kier alpha value is -1.47. The van der Waals surface area contributed by atoms with E-state index in [9.17, 15) is 0 Å². The molecular weight excluding hydrogens is 314 g/mol. The van der Waals surface area contributed by atoms with Crippen LogP contribution in [0.4, 0.5) is 5.82 Å². The van der Waals surface area contributed by atoms with Gasteiger partial charge in [-0.05, 0) is 35.0 Å². The van der Waals surface area contributed by atoms with Crippen LogP contribution in [0.3, 0.4) is 0 Å². The Morgan fingerprint density at radius 1 is 1.39 bits per heavy atom. The highest BCUT2D eigenvalue weighted by Gasteiger charge is 2.07. The molecule has 0 amide bonds. The summed E-state index contributed by atoms with van der Waals surface area (Å²) in [5.74, 6) is 1.61. The van der Waals surface area contributed by atoms with Crippen molar-refractivity contribution in [3.8, 4) is 0 Å². The van der Waals surface area contributed by atoms with Crippen molar-refractivity contribution >= 4 is 38.7 Å². The van der Waals surface area contributed by atoms with E-state index in [0.29, 0.717) is 0 Å². The monoisotopic (exact) mass is 323 g/mol. The minimum absolute atomic E-state index is 0.731. The summed E-state index contributed by atoms with van der Waals surface area (Å²) in [5, 5.41) is 11.4. The van der Waals surface area contributed by atoms with Crippen LogP contribution in [0.2, 0.25) is 0 Å². The van der Waals surface area contributed by atoms with E-state index in [1.807, 2.05) is 23.6 Å². The van der Waals surface area contributed by atoms with Gasteiger partial charge in [0.05, 0.1) is 10.3 Å². The lowest BCUT2D eigenvalue weighted by Crippen LogP contribution is -2.02. The highest BCUT2D eigenvalue weighted by molar-refractivity contribution is 9.11. The van der Waals surface area contributed by atoms with E-state index >= 15 is 0 Å². The molecule has 3 rings (SSSR count). The Labute approximate surface area is 116 Å². The van der Waals surface area contributed by atoms with Gasteiger partial charge in [-0.2, -0.15) is 0 Å². The van der Waals surface area contributed by atoms with Gasteiger partial charge < -0.3 is 5.32 Å². The van der Waals surface area contributed by atoms with Gasteiger partial charge in [-0.1, -0.05) is 0 Å². The van der Waals surface area contributed by atoms with Gasteiger partial charge in [0.15, 0.2) is 5.82 Å². The zero-order chi connectivity index (χ0) is 12.5. The van der Waals surface area contributed by atoms with Crippen LogP contribution in [0.5, 0.6) is 0 Å². The number of aryl methyl sites for hydroxylation is 1. The molecule has 3 aromatic rings. The molecule has 3 aromatic heterocycles. The first-order chi connectivity index (χ1) is 8.74. The molecule has 0 saturated heterocycles. The lowest BCUT2D eigenvalue weighted by Gasteiger charge is -2.04. The maximum absolute atomic E-state index is 4.30. The quantitative estimate of drug-likeness (QED) is 0.805. The first-order valence-corrected chi connectivity index (χ1v) is 6.99. The number of hydrogen-bond donors (Lipinski definition) is 1. The van der Waals surface area contributed by atoms with Crippen molar-refractivity contribution in [1.29, 1.82) is 0 Å². The Morgan fingerprint density at radius 2 is 2.28 bits per heavy atom. The lowest BCUT2D eigenvalue weighted by atomic mass is 10.4. The van der Waals surface area contributed by atoms with E-state index in [-0.39, 0.29) is 0 Å². The molecule has 0 aliphatic rings. The number of halogens is 1. The predicted octanol–water partition coefficient (Wildman–Crippen LogP) is 2.87. The second kappa shape index (κ2) is 4.66. The third-order valence-electron chi connectivity index (χ3n) is 2.56. The van der Waals surface area contributed by atoms with Crippen LogP contribution in [0, 0.1) is 6.92 Å². The summed E-state index contributed by atoms with van der Waals surface area (Å²) < 4.78 is 3.04. The van der Waals surface area contributed by atoms with E-state index < -0.39 is 0 Å². The van der Waals surface area contributed by atoms with Crippen molar-refractivity contribution in [2.75, 3.05) is 5.32 Å². The molecule has 0 aliphatic heterocycles. The molecule has 3 heterocycles. The van der Waals surface area contributed by atoms with Gasteiger partial charge in [0.2, 0.25) is 5.65 Å². The summed E-state index contributed by atoms with van der Waals surface area (Å²) in [5.41, 5.74) is 0.755. The molecule has 0 spiro atoms. The Morgan fingerprint density at radius 3 is 3.06 bits per heavy atom. The topological polar surface area (TPSA) is 55.1 Å². The molecule has 0 unspecified atom stereocenters. The molecule has 0 radical (unpaired) electrons. The van der Waals surface area contributed by atoms with E-state index in [0.717, 1.165) is 27.6 Å². The van der Waals surface area contributed by atoms with Gasteiger partial charge in [0.1, 0.15) is 5.82 Å². The standard InChI is InChI=1S/C11H10BrN5S/c1-7-15-16-11-10(13-4-5-17(7)11)14-6-8-2-3-9(12)18-8/h2-5H,6H2,1H3,(H,13,14). The van der Waals surface area contributed by atoms with Crippen LogP contribution in [0.15, 0.2) is 28.3 Å². The highest BCUT2D eigenvalue weighted by Crippen LogP contribution is 2.23. The summed E-state index contributed by atoms with van der Waals surface area (Å²) in [7, 11) is 0. The minimum Gasteiger partial charge on any atom is -0.362 e. The zero-order valence-electron chi connectivity index (χ0n) is 9.59. The fraction of sp³-hybridized carbons (Fsp3) is 0.182. The molecule has 0 aliphatic carbocycles. The lowest BCUT2D eigenvalue weighted by molar-refractivity contribution is 1.00. The Bertz CT molecular complexity index is 690. The normalized spacial score (nSPS) is 11.0. The molecule has 0 atom stereocenters. The summed E-state index contributed by atoms with van der Waals surface area (Å²) in [6.45, 7) is 2.65. The smallest absolute Gasteiger partial charge is 0.203 e. The zero-order valence-corrected chi connectivity index (χ0v) is 12.0. The SMILES string of the molecule is Cc1nnc2c(NCc3ccc(Br)s3)nccn12. The average molecular weight is 324 g/mol. The van der Waals surface area contributed by atoms with Crippen molar-refractivity contribution in [2.24, 2.45) is 0 Å². The number of hydrogen-bond acceptors (Lipinski definition) is 5. The fourth-order valence-corrected chi connectivity index (χ4v) is 3.11. The summed E-state index contributed by atoms with van der Waals surface area (Å²) in [6.07, 6.45) is 3.60. The highest BCUT2D eigenvalue weighted by atomic mass is 79.9. The van der Waals surface area contributed by atoms with E-state index in [2.05, 4.69) is 42.5 Å². The summed E-state index contributed by atoms with van der Waals surface area (Å²) in [6, 6.07) is 4.12. The minimum atomic E-state index is 0.731. The predicted molar refractivity (Wildman–Crippen MR) is 74.9 cm³/mol. The van der Waals surface area contributed by atoms with Crippen molar-refractivity contribution in [1.82, 2.24) is 19.6 Å². The third kappa shape index (κ3) is 2.11. The number of nitrogens with zero attached hydrogens (tertiary/aromatic N) is 4. The molecule has 1 N–H and O–H groups in total. The summed E-state index contributed by atoms with van der Waals surface area (Å²) >= 11 is 5.15. The van der Waals surface area contributed by atoms with Crippen molar-refractivity contribution in [3.63, 3.8) is 0 Å². The molecule has 5 nitrogen and oxygen atoms in total. The molecule has 0 saturated carbocycles. The fourth-order valence-electron chi connectivity index (χ4n) is 1.68. The molecule has 0 aromatic carbocycles. The van der Waals surface area contributed by atoms with Crippen LogP contribution in [0.25, 0.3) is 5.65 Å². The van der Waals surface area contributed by atoms with Crippen LogP contribution in [-0.4, -0.2) is 19.6 Å². The van der Waals surface area contributed by atoms with Gasteiger partial charge >= 0.3 is 0 Å². The van der Waals surface area contributed by atoms with E-state index in [1.54, 1.807) is 17.5 Å². The van der Waals surface area contributed by atoms with Gasteiger partial charge in [-0.25, -0.2) is 4.98 Å². The number of aromatic nitrogens is 4. The number of fused-ring (bicyclic) bond motifs is 1. The molecule has 18 heavy (non-hydrogen) atoms. The van der Waals surface area contributed by atoms with Gasteiger partial charge in [0, 0.05) is 17.3 Å². The number of thiophene rings is 1. The molecule has 92 valence electrons. The Kier molecular flexibility index (Phi) is 3.00. The van der Waals surface area contributed by atoms with Crippen molar-refractivity contribution < 1.29 is 0 Å². The maximum atomic E-state index is 4.30. The second-order valence-corrected chi connectivity index (χ2v) is 6.32. The maximum Gasteiger partial charge on any atom is 0.203 e. The van der Waals surface area contributed by atoms with Crippen LogP contribution < -0.4 is 5.32 Å². The van der Waals surface area contributed by atoms with Crippen molar-refractivity contribution in [2.45, 2.75) is 13.5 Å². The Balaban J connectivity index is 1.86. The number of anilines is 1. The molecule has 0 fully saturated rings. The molecule has 0 bridgehead atoms. The van der Waals surface area contributed by atoms with Gasteiger partial charge in [-0.3, -0.25) is 4.40 Å². The van der Waals surface area contributed by atoms with Crippen molar-refractivity contribution in [3.05, 3.63) is 39.0 Å². The molecular formula is C11H10BrN5S. The molecule has 7 heteroatoms. The first-order valence-electron chi connectivity index (χ1n) is 5.38. The number of rotatable bonds is 3. The van der Waals surface area contributed by atoms with Crippen LogP contribution >= 0.6 is 27.3 Å². The third-order valence-corrected chi connectivity index (χ3v) is 4.18. The second-order valence-electron chi connectivity index (χ2n) is 3.78. The largest absolute Gasteiger partial charge is 0.362 e. The summed E-state index contributed by atoms with van der Waals surface area (Å²) in [4.78, 5) is 5.54. The van der Waals surface area contributed by atoms with E-state index in [1.165, 1.54) is 4.88 Å². The van der Waals surface area contributed by atoms with Crippen LogP contribution in [-0.2, 0) is 6.54 Å².